The second-order valence-corrected chi connectivity index (χ2v) is 6.77. The number of piperidine rings is 1. The van der Waals surface area contributed by atoms with Crippen molar-refractivity contribution in [3.05, 3.63) is 5.82 Å². The van der Waals surface area contributed by atoms with Gasteiger partial charge in [-0.3, -0.25) is 9.59 Å². The van der Waals surface area contributed by atoms with Crippen molar-refractivity contribution in [2.24, 2.45) is 0 Å². The molecule has 0 saturated carbocycles. The van der Waals surface area contributed by atoms with E-state index in [-0.39, 0.29) is 11.8 Å². The van der Waals surface area contributed by atoms with Crippen LogP contribution in [0.2, 0.25) is 0 Å². The van der Waals surface area contributed by atoms with Crippen LogP contribution < -0.4 is 0 Å². The van der Waals surface area contributed by atoms with E-state index in [1.165, 1.54) is 0 Å². The Hall–Kier alpha value is -2.03. The average Bonchev–Trinajstić information content (AvgIpc) is 3.21. The Labute approximate surface area is 147 Å². The van der Waals surface area contributed by atoms with Crippen molar-refractivity contribution in [2.45, 2.75) is 51.1 Å². The van der Waals surface area contributed by atoms with Crippen molar-refractivity contribution in [1.82, 2.24) is 30.0 Å². The summed E-state index contributed by atoms with van der Waals surface area (Å²) < 4.78 is 6.73. The molecule has 2 aliphatic rings. The van der Waals surface area contributed by atoms with Gasteiger partial charge in [-0.2, -0.15) is 0 Å². The molecule has 0 aromatic carbocycles. The van der Waals surface area contributed by atoms with E-state index in [1.807, 2.05) is 9.80 Å². The van der Waals surface area contributed by atoms with Crippen LogP contribution >= 0.6 is 0 Å². The predicted molar refractivity (Wildman–Crippen MR) is 88.5 cm³/mol. The molecule has 0 bridgehead atoms. The summed E-state index contributed by atoms with van der Waals surface area (Å²) in [4.78, 5) is 29.6. The molecular formula is C16H26N6O3. The number of tetrazole rings is 1. The smallest absolute Gasteiger partial charge is 0.248 e. The van der Waals surface area contributed by atoms with Crippen molar-refractivity contribution in [1.29, 1.82) is 0 Å². The third kappa shape index (κ3) is 3.37. The summed E-state index contributed by atoms with van der Waals surface area (Å²) in [7, 11) is 1.64. The Balaban J connectivity index is 1.69. The summed E-state index contributed by atoms with van der Waals surface area (Å²) in [5, 5.41) is 11.3. The highest BCUT2D eigenvalue weighted by atomic mass is 16.5. The minimum absolute atomic E-state index is 0.00865. The molecule has 2 fully saturated rings. The minimum atomic E-state index is -0.654. The lowest BCUT2D eigenvalue weighted by atomic mass is 9.85. The molecule has 25 heavy (non-hydrogen) atoms. The maximum absolute atomic E-state index is 13.1. The summed E-state index contributed by atoms with van der Waals surface area (Å²) in [5.41, 5.74) is -0.654. The third-order valence-electron chi connectivity index (χ3n) is 5.31. The topological polar surface area (TPSA) is 93.4 Å². The Morgan fingerprint density at radius 3 is 2.68 bits per heavy atom. The van der Waals surface area contributed by atoms with Gasteiger partial charge in [-0.05, 0) is 43.0 Å². The number of nitrogens with zero attached hydrogens (tertiary/aromatic N) is 6. The molecule has 3 rings (SSSR count). The highest BCUT2D eigenvalue weighted by molar-refractivity contribution is 5.92. The van der Waals surface area contributed by atoms with Crippen LogP contribution in [0.1, 0.15) is 37.9 Å². The van der Waals surface area contributed by atoms with Gasteiger partial charge in [0.25, 0.3) is 0 Å². The van der Waals surface area contributed by atoms with Gasteiger partial charge in [-0.15, -0.1) is 5.10 Å². The van der Waals surface area contributed by atoms with Gasteiger partial charge < -0.3 is 14.5 Å². The van der Waals surface area contributed by atoms with Crippen LogP contribution in [0, 0.1) is 6.92 Å². The molecule has 1 spiro atoms. The first kappa shape index (κ1) is 17.8. The molecule has 0 aliphatic carbocycles. The fourth-order valence-electron chi connectivity index (χ4n) is 4.00. The summed E-state index contributed by atoms with van der Waals surface area (Å²) in [6.45, 7) is 4.75. The molecule has 0 radical (unpaired) electrons. The quantitative estimate of drug-likeness (QED) is 0.717. The number of ether oxygens (including phenoxy) is 1. The SMILES string of the molecule is COCCN1CCCC2(CCCN2C(=O)CCn2nnnc2C)C1=O. The zero-order valence-corrected chi connectivity index (χ0v) is 15.0. The van der Waals surface area contributed by atoms with Gasteiger partial charge in [-0.1, -0.05) is 0 Å². The van der Waals surface area contributed by atoms with E-state index >= 15 is 0 Å². The number of hydrogen-bond acceptors (Lipinski definition) is 6. The Bertz CT molecular complexity index is 633. The van der Waals surface area contributed by atoms with Gasteiger partial charge in [0.15, 0.2) is 0 Å². The van der Waals surface area contributed by atoms with E-state index in [2.05, 4.69) is 15.5 Å². The van der Waals surface area contributed by atoms with E-state index < -0.39 is 5.54 Å². The standard InChI is InChI=1S/C16H26N6O3/c1-13-17-18-19-22(13)10-5-14(23)21-9-4-7-16(21)6-3-8-20(15(16)24)11-12-25-2/h3-12H2,1-2H3. The lowest BCUT2D eigenvalue weighted by Gasteiger charge is -2.44. The minimum Gasteiger partial charge on any atom is -0.383 e. The van der Waals surface area contributed by atoms with E-state index in [4.69, 9.17) is 4.74 Å². The van der Waals surface area contributed by atoms with E-state index in [0.29, 0.717) is 38.5 Å². The first-order valence-electron chi connectivity index (χ1n) is 8.90. The Morgan fingerprint density at radius 1 is 1.24 bits per heavy atom. The van der Waals surface area contributed by atoms with E-state index in [1.54, 1.807) is 18.7 Å². The van der Waals surface area contributed by atoms with Crippen molar-refractivity contribution in [3.63, 3.8) is 0 Å². The number of rotatable bonds is 6. The number of aromatic nitrogens is 4. The molecule has 0 N–H and O–H groups in total. The third-order valence-corrected chi connectivity index (χ3v) is 5.31. The number of methoxy groups -OCH3 is 1. The summed E-state index contributed by atoms with van der Waals surface area (Å²) >= 11 is 0. The molecule has 1 atom stereocenters. The number of carbonyl (C=O) groups is 2. The monoisotopic (exact) mass is 350 g/mol. The highest BCUT2D eigenvalue weighted by Crippen LogP contribution is 2.38. The fraction of sp³-hybridized carbons (Fsp3) is 0.812. The molecule has 1 unspecified atom stereocenters. The number of aryl methyl sites for hydroxylation is 2. The largest absolute Gasteiger partial charge is 0.383 e. The maximum Gasteiger partial charge on any atom is 0.248 e. The Morgan fingerprint density at radius 2 is 2.00 bits per heavy atom. The maximum atomic E-state index is 13.1. The first-order valence-corrected chi connectivity index (χ1v) is 8.90. The normalized spacial score (nSPS) is 23.7. The molecule has 1 aromatic heterocycles. The average molecular weight is 350 g/mol. The fourth-order valence-corrected chi connectivity index (χ4v) is 4.00. The van der Waals surface area contributed by atoms with Gasteiger partial charge in [0.05, 0.1) is 13.2 Å². The van der Waals surface area contributed by atoms with Crippen molar-refractivity contribution in [2.75, 3.05) is 33.4 Å². The van der Waals surface area contributed by atoms with Crippen LogP contribution in [0.3, 0.4) is 0 Å². The van der Waals surface area contributed by atoms with Crippen LogP contribution in [-0.4, -0.2) is 80.7 Å². The molecule has 2 amide bonds. The number of likely N-dealkylation sites (tertiary alicyclic amines) is 2. The summed E-state index contributed by atoms with van der Waals surface area (Å²) in [5.74, 6) is 0.776. The van der Waals surface area contributed by atoms with Gasteiger partial charge >= 0.3 is 0 Å². The van der Waals surface area contributed by atoms with Gasteiger partial charge in [-0.25, -0.2) is 4.68 Å². The van der Waals surface area contributed by atoms with Crippen LogP contribution in [0.15, 0.2) is 0 Å². The zero-order chi connectivity index (χ0) is 17.9. The van der Waals surface area contributed by atoms with Crippen LogP contribution in [-0.2, 0) is 20.9 Å². The van der Waals surface area contributed by atoms with Crippen LogP contribution in [0.5, 0.6) is 0 Å². The second-order valence-electron chi connectivity index (χ2n) is 6.77. The second kappa shape index (κ2) is 7.47. The lowest BCUT2D eigenvalue weighted by Crippen LogP contribution is -2.61. The van der Waals surface area contributed by atoms with Gasteiger partial charge in [0.1, 0.15) is 11.4 Å². The highest BCUT2D eigenvalue weighted by Gasteiger charge is 2.52. The first-order chi connectivity index (χ1) is 12.1. The van der Waals surface area contributed by atoms with Crippen molar-refractivity contribution >= 4 is 11.8 Å². The molecule has 138 valence electrons. The molecule has 3 heterocycles. The molecular weight excluding hydrogens is 324 g/mol. The molecule has 9 heteroatoms. The van der Waals surface area contributed by atoms with Crippen LogP contribution in [0.4, 0.5) is 0 Å². The molecule has 2 aliphatic heterocycles. The summed E-state index contributed by atoms with van der Waals surface area (Å²) in [6.07, 6.45) is 3.61. The number of hydrogen-bond donors (Lipinski definition) is 0. The van der Waals surface area contributed by atoms with Gasteiger partial charge in [0, 0.05) is 33.2 Å². The molecule has 9 nitrogen and oxygen atoms in total. The Kier molecular flexibility index (Phi) is 5.31. The number of carbonyl (C=O) groups excluding carboxylic acids is 2. The molecule has 2 saturated heterocycles. The zero-order valence-electron chi connectivity index (χ0n) is 15.0. The van der Waals surface area contributed by atoms with E-state index in [9.17, 15) is 9.59 Å². The van der Waals surface area contributed by atoms with Crippen molar-refractivity contribution < 1.29 is 14.3 Å². The van der Waals surface area contributed by atoms with Crippen molar-refractivity contribution in [3.8, 4) is 0 Å². The van der Waals surface area contributed by atoms with Gasteiger partial charge in [0.2, 0.25) is 11.8 Å². The number of amides is 2. The predicted octanol–water partition coefficient (Wildman–Crippen LogP) is 0.00162. The van der Waals surface area contributed by atoms with Crippen LogP contribution in [0.25, 0.3) is 0 Å². The lowest BCUT2D eigenvalue weighted by molar-refractivity contribution is -0.156. The summed E-state index contributed by atoms with van der Waals surface area (Å²) in [6, 6.07) is 0. The molecule has 1 aromatic rings. The van der Waals surface area contributed by atoms with E-state index in [0.717, 1.165) is 32.2 Å².